The summed E-state index contributed by atoms with van der Waals surface area (Å²) in [6.45, 7) is 7.10. The molecule has 1 atom stereocenters. The van der Waals surface area contributed by atoms with E-state index < -0.39 is 11.2 Å². The molecule has 0 aliphatic carbocycles. The fourth-order valence-corrected chi connectivity index (χ4v) is 4.94. The molecule has 2 N–H and O–H groups in total. The molecule has 0 saturated carbocycles. The van der Waals surface area contributed by atoms with Crippen LogP contribution in [0, 0.1) is 29.6 Å². The lowest BCUT2D eigenvalue weighted by molar-refractivity contribution is -0.117. The molecule has 1 saturated heterocycles. The van der Waals surface area contributed by atoms with Gasteiger partial charge in [0.1, 0.15) is 28.2 Å². The number of aryl methyl sites for hydroxylation is 1. The van der Waals surface area contributed by atoms with Crippen LogP contribution in [0.4, 0.5) is 5.82 Å². The van der Waals surface area contributed by atoms with Crippen LogP contribution < -0.4 is 10.6 Å². The number of carbonyl (C=O) groups excluding carboxylic acids is 1. The summed E-state index contributed by atoms with van der Waals surface area (Å²) in [5, 5.41) is 19.6. The summed E-state index contributed by atoms with van der Waals surface area (Å²) < 4.78 is 0. The van der Waals surface area contributed by atoms with E-state index in [2.05, 4.69) is 34.0 Å². The van der Waals surface area contributed by atoms with Crippen molar-refractivity contribution in [3.63, 3.8) is 0 Å². The van der Waals surface area contributed by atoms with Gasteiger partial charge in [0.2, 0.25) is 5.91 Å². The molecule has 1 fully saturated rings. The number of nitrogens with two attached hydrogens (primary N) is 1. The van der Waals surface area contributed by atoms with Gasteiger partial charge in [-0.1, -0.05) is 18.7 Å². The Kier molecular flexibility index (Phi) is 7.68. The van der Waals surface area contributed by atoms with E-state index in [9.17, 15) is 15.3 Å². The molecule has 32 heavy (non-hydrogen) atoms. The summed E-state index contributed by atoms with van der Waals surface area (Å²) in [6, 6.07) is 8.06. The van der Waals surface area contributed by atoms with Gasteiger partial charge in [-0.25, -0.2) is 4.98 Å². The van der Waals surface area contributed by atoms with E-state index in [0.29, 0.717) is 39.5 Å². The molecule has 3 rings (SSSR count). The highest BCUT2D eigenvalue weighted by Crippen LogP contribution is 2.39. The molecule has 0 aromatic carbocycles. The normalized spacial score (nSPS) is 15.5. The van der Waals surface area contributed by atoms with Crippen molar-refractivity contribution in [1.82, 2.24) is 14.9 Å². The smallest absolute Gasteiger partial charge is 0.235 e. The zero-order valence-electron chi connectivity index (χ0n) is 18.6. The second-order valence-corrected chi connectivity index (χ2v) is 8.91. The second-order valence-electron chi connectivity index (χ2n) is 7.82. The Morgan fingerprint density at radius 2 is 2.00 bits per heavy atom. The van der Waals surface area contributed by atoms with E-state index in [4.69, 9.17) is 10.7 Å². The zero-order chi connectivity index (χ0) is 23.3. The molecule has 1 aliphatic heterocycles. The van der Waals surface area contributed by atoms with Crippen LogP contribution in [0.15, 0.2) is 23.4 Å². The first-order valence-corrected chi connectivity index (χ1v) is 11.5. The van der Waals surface area contributed by atoms with Crippen molar-refractivity contribution in [1.29, 1.82) is 10.5 Å². The van der Waals surface area contributed by atoms with Crippen molar-refractivity contribution < 1.29 is 4.79 Å². The molecule has 0 bridgehead atoms. The Hall–Kier alpha value is -3.14. The van der Waals surface area contributed by atoms with E-state index in [1.54, 1.807) is 12.3 Å². The maximum atomic E-state index is 12.4. The van der Waals surface area contributed by atoms with Crippen molar-refractivity contribution in [2.45, 2.75) is 37.0 Å². The Balaban J connectivity index is 2.13. The van der Waals surface area contributed by atoms with E-state index in [1.165, 1.54) is 0 Å². The molecule has 1 unspecified atom stereocenters. The molecule has 2 aromatic heterocycles. The Morgan fingerprint density at radius 1 is 1.25 bits per heavy atom. The van der Waals surface area contributed by atoms with Gasteiger partial charge in [-0.05, 0) is 56.6 Å². The minimum Gasteiger partial charge on any atom is -0.368 e. The third-order valence-corrected chi connectivity index (χ3v) is 6.81. The number of hydrogen-bond donors (Lipinski definition) is 1. The Morgan fingerprint density at radius 3 is 2.62 bits per heavy atom. The van der Waals surface area contributed by atoms with Crippen LogP contribution in [0.3, 0.4) is 0 Å². The summed E-state index contributed by atoms with van der Waals surface area (Å²) >= 11 is 1.16. The number of carbonyl (C=O) groups is 1. The van der Waals surface area contributed by atoms with Crippen LogP contribution in [0.1, 0.15) is 46.5 Å². The molecule has 2 aromatic rings. The average molecular weight is 450 g/mol. The first-order chi connectivity index (χ1) is 15.4. The minimum absolute atomic E-state index is 0.335. The number of thioether (sulfide) groups is 1. The van der Waals surface area contributed by atoms with Gasteiger partial charge in [-0.15, -0.1) is 0 Å². The van der Waals surface area contributed by atoms with E-state index in [0.717, 1.165) is 50.1 Å². The van der Waals surface area contributed by atoms with Crippen molar-refractivity contribution in [2.24, 2.45) is 5.73 Å². The van der Waals surface area contributed by atoms with Crippen LogP contribution in [0.25, 0.3) is 0 Å². The molecular weight excluding hydrogens is 422 g/mol. The predicted octanol–water partition coefficient (Wildman–Crippen LogP) is 2.55. The Bertz CT molecular complexity index is 1090. The highest BCUT2D eigenvalue weighted by Gasteiger charge is 2.28. The Labute approximate surface area is 193 Å². The van der Waals surface area contributed by atoms with Crippen LogP contribution in [0.2, 0.25) is 0 Å². The van der Waals surface area contributed by atoms with E-state index >= 15 is 0 Å². The number of anilines is 1. The predicted molar refractivity (Wildman–Crippen MR) is 124 cm³/mol. The van der Waals surface area contributed by atoms with Crippen LogP contribution >= 0.6 is 11.8 Å². The summed E-state index contributed by atoms with van der Waals surface area (Å²) in [5.74, 6) is 0.0573. The highest BCUT2D eigenvalue weighted by molar-refractivity contribution is 8.00. The van der Waals surface area contributed by atoms with Crippen LogP contribution in [0.5, 0.6) is 0 Å². The number of likely N-dealkylation sites (N-methyl/N-ethyl adjacent to an activating group) is 1. The lowest BCUT2D eigenvalue weighted by atomic mass is 10.0. The fraction of sp³-hybridized carbons (Fsp3) is 0.435. The van der Waals surface area contributed by atoms with Gasteiger partial charge in [0.15, 0.2) is 0 Å². The number of primary amides is 1. The molecule has 1 amide bonds. The van der Waals surface area contributed by atoms with Gasteiger partial charge in [-0.3, -0.25) is 9.78 Å². The monoisotopic (exact) mass is 449 g/mol. The SMILES string of the molecule is CCc1c(C#N)c(SC(C(N)=O)c2ccnc(C)c2)nc(N2CCCN(C)CC2)c1C#N. The summed E-state index contributed by atoms with van der Waals surface area (Å²) in [7, 11) is 2.08. The number of rotatable bonds is 6. The number of pyridine rings is 2. The third-order valence-electron chi connectivity index (χ3n) is 5.56. The van der Waals surface area contributed by atoms with Gasteiger partial charge < -0.3 is 15.5 Å². The van der Waals surface area contributed by atoms with Crippen molar-refractivity contribution in [2.75, 3.05) is 38.1 Å². The van der Waals surface area contributed by atoms with Gasteiger partial charge in [0.05, 0.1) is 11.1 Å². The van der Waals surface area contributed by atoms with Gasteiger partial charge in [0, 0.05) is 31.5 Å². The van der Waals surface area contributed by atoms with Gasteiger partial charge >= 0.3 is 0 Å². The molecule has 1 aliphatic rings. The summed E-state index contributed by atoms with van der Waals surface area (Å²) in [4.78, 5) is 25.7. The van der Waals surface area contributed by atoms with Crippen molar-refractivity contribution in [3.8, 4) is 12.1 Å². The van der Waals surface area contributed by atoms with Gasteiger partial charge in [0.25, 0.3) is 0 Å². The molecule has 166 valence electrons. The maximum absolute atomic E-state index is 12.4. The van der Waals surface area contributed by atoms with Gasteiger partial charge in [-0.2, -0.15) is 10.5 Å². The topological polar surface area (TPSA) is 123 Å². The maximum Gasteiger partial charge on any atom is 0.235 e. The standard InChI is InChI=1S/C23H27N7OS/c1-4-17-18(13-24)22(30-9-5-8-29(3)10-11-30)28-23(19(17)14-25)32-20(21(26)31)16-6-7-27-15(2)12-16/h6-7,12,20H,4-5,8-11H2,1-3H3,(H2,26,31). The number of aromatic nitrogens is 2. The molecule has 0 spiro atoms. The summed E-state index contributed by atoms with van der Waals surface area (Å²) in [6.07, 6.45) is 3.10. The number of amides is 1. The quantitative estimate of drug-likeness (QED) is 0.668. The molecule has 8 nitrogen and oxygen atoms in total. The lowest BCUT2D eigenvalue weighted by Crippen LogP contribution is -2.30. The van der Waals surface area contributed by atoms with E-state index in [1.807, 2.05) is 19.9 Å². The molecule has 0 radical (unpaired) electrons. The lowest BCUT2D eigenvalue weighted by Gasteiger charge is -2.25. The molecule has 3 heterocycles. The van der Waals surface area contributed by atoms with Crippen molar-refractivity contribution >= 4 is 23.5 Å². The first kappa shape index (κ1) is 23.5. The average Bonchev–Trinajstić information content (AvgIpc) is 3.00. The molecule has 9 heteroatoms. The molecular formula is C23H27N7OS. The zero-order valence-corrected chi connectivity index (χ0v) is 19.4. The second kappa shape index (κ2) is 10.4. The fourth-order valence-electron chi connectivity index (χ4n) is 3.89. The van der Waals surface area contributed by atoms with E-state index in [-0.39, 0.29) is 0 Å². The first-order valence-electron chi connectivity index (χ1n) is 10.6. The highest BCUT2D eigenvalue weighted by atomic mass is 32.2. The number of hydrogen-bond acceptors (Lipinski definition) is 8. The third kappa shape index (κ3) is 5.01. The minimum atomic E-state index is -0.725. The number of nitriles is 2. The van der Waals surface area contributed by atoms with Crippen LogP contribution in [-0.4, -0.2) is 54.0 Å². The largest absolute Gasteiger partial charge is 0.368 e. The number of nitrogens with zero attached hydrogens (tertiary/aromatic N) is 6. The van der Waals surface area contributed by atoms with Crippen molar-refractivity contribution in [3.05, 3.63) is 46.3 Å². The summed E-state index contributed by atoms with van der Waals surface area (Å²) in [5.41, 5.74) is 8.66. The van der Waals surface area contributed by atoms with Crippen LogP contribution in [-0.2, 0) is 11.2 Å².